The molecule has 0 radical (unpaired) electrons. The van der Waals surface area contributed by atoms with Crippen molar-refractivity contribution in [2.45, 2.75) is 12.8 Å². The fourth-order valence-electron chi connectivity index (χ4n) is 4.06. The number of nitrogens with zero attached hydrogens (tertiary/aromatic N) is 5. The van der Waals surface area contributed by atoms with E-state index in [4.69, 9.17) is 4.98 Å². The minimum absolute atomic E-state index is 0.124. The minimum atomic E-state index is -0.156. The fraction of sp³-hybridized carbons (Fsp3) is 0.261. The largest absolute Gasteiger partial charge is 0.341 e. The van der Waals surface area contributed by atoms with Crippen molar-refractivity contribution in [3.63, 3.8) is 0 Å². The van der Waals surface area contributed by atoms with Crippen molar-refractivity contribution in [2.75, 3.05) is 18.0 Å². The number of ketones is 1. The van der Waals surface area contributed by atoms with Crippen molar-refractivity contribution < 1.29 is 4.79 Å². The highest BCUT2D eigenvalue weighted by atomic mass is 32.1. The quantitative estimate of drug-likeness (QED) is 0.460. The van der Waals surface area contributed by atoms with E-state index in [0.29, 0.717) is 23.9 Å². The van der Waals surface area contributed by atoms with Gasteiger partial charge in [0.05, 0.1) is 16.3 Å². The summed E-state index contributed by atoms with van der Waals surface area (Å²) >= 11 is 1.55. The highest BCUT2D eigenvalue weighted by Gasteiger charge is 2.29. The Balaban J connectivity index is 1.44. The average molecular weight is 432 g/mol. The van der Waals surface area contributed by atoms with E-state index in [1.165, 1.54) is 17.0 Å². The van der Waals surface area contributed by atoms with E-state index in [-0.39, 0.29) is 17.3 Å². The molecule has 1 aromatic carbocycles. The maximum absolute atomic E-state index is 13.3. The molecular formula is C23H21N5O2S. The van der Waals surface area contributed by atoms with Crippen LogP contribution in [0.1, 0.15) is 22.5 Å². The van der Waals surface area contributed by atoms with Gasteiger partial charge in [0.2, 0.25) is 5.95 Å². The van der Waals surface area contributed by atoms with E-state index in [0.717, 1.165) is 34.3 Å². The Morgan fingerprint density at radius 3 is 2.84 bits per heavy atom. The maximum atomic E-state index is 13.3. The van der Waals surface area contributed by atoms with Crippen LogP contribution in [0.5, 0.6) is 0 Å². The highest BCUT2D eigenvalue weighted by molar-refractivity contribution is 7.20. The molecule has 1 aliphatic heterocycles. The second-order valence-corrected chi connectivity index (χ2v) is 8.81. The van der Waals surface area contributed by atoms with Crippen molar-refractivity contribution in [2.24, 2.45) is 13.0 Å². The molecule has 0 N–H and O–H groups in total. The lowest BCUT2D eigenvalue weighted by Gasteiger charge is -2.33. The number of Topliss-reactive ketones (excluding diaryl/α,β-unsaturated/α-hetero) is 1. The van der Waals surface area contributed by atoms with E-state index in [9.17, 15) is 9.59 Å². The average Bonchev–Trinajstić information content (AvgIpc) is 3.25. The molecule has 31 heavy (non-hydrogen) atoms. The molecule has 8 heteroatoms. The van der Waals surface area contributed by atoms with Gasteiger partial charge in [0.1, 0.15) is 6.33 Å². The van der Waals surface area contributed by atoms with Gasteiger partial charge in [-0.3, -0.25) is 14.2 Å². The van der Waals surface area contributed by atoms with Crippen molar-refractivity contribution in [1.82, 2.24) is 19.5 Å². The summed E-state index contributed by atoms with van der Waals surface area (Å²) in [6.45, 7) is 1.30. The molecule has 1 saturated heterocycles. The highest BCUT2D eigenvalue weighted by Crippen LogP contribution is 2.30. The van der Waals surface area contributed by atoms with E-state index in [1.54, 1.807) is 30.6 Å². The third kappa shape index (κ3) is 3.74. The first-order chi connectivity index (χ1) is 15.1. The van der Waals surface area contributed by atoms with Crippen LogP contribution in [-0.2, 0) is 7.05 Å². The zero-order chi connectivity index (χ0) is 21.4. The summed E-state index contributed by atoms with van der Waals surface area (Å²) in [4.78, 5) is 41.6. The van der Waals surface area contributed by atoms with Crippen LogP contribution in [0.15, 0.2) is 59.8 Å². The van der Waals surface area contributed by atoms with Gasteiger partial charge in [-0.1, -0.05) is 18.2 Å². The second-order valence-electron chi connectivity index (χ2n) is 7.73. The van der Waals surface area contributed by atoms with Gasteiger partial charge in [0.25, 0.3) is 5.56 Å². The van der Waals surface area contributed by atoms with Crippen molar-refractivity contribution in [1.29, 1.82) is 0 Å². The van der Waals surface area contributed by atoms with Crippen LogP contribution >= 0.6 is 11.3 Å². The summed E-state index contributed by atoms with van der Waals surface area (Å²) in [5.41, 5.74) is 0.957. The number of rotatable bonds is 4. The number of carbonyl (C=O) groups is 1. The first-order valence-electron chi connectivity index (χ1n) is 10.2. The summed E-state index contributed by atoms with van der Waals surface area (Å²) in [7, 11) is 1.71. The molecule has 156 valence electrons. The van der Waals surface area contributed by atoms with Gasteiger partial charge in [-0.25, -0.2) is 15.0 Å². The molecule has 3 aromatic heterocycles. The number of fused-ring (bicyclic) bond motifs is 1. The Bertz CT molecular complexity index is 1280. The van der Waals surface area contributed by atoms with Gasteiger partial charge in [-0.2, -0.15) is 0 Å². The second kappa shape index (κ2) is 8.03. The number of hydrogen-bond donors (Lipinski definition) is 0. The molecule has 0 spiro atoms. The molecule has 1 atom stereocenters. The van der Waals surface area contributed by atoms with Gasteiger partial charge >= 0.3 is 0 Å². The molecule has 4 heterocycles. The standard InChI is InChI=1S/C23H21N5O2S/c1-27-21(29)12-18(17-8-9-24-14-25-17)26-23(27)28-10-4-6-16(13-28)22(30)20-11-15-5-2-3-7-19(15)31-20/h2-3,5,7-9,11-12,14,16H,4,6,10,13H2,1H3. The zero-order valence-electron chi connectivity index (χ0n) is 17.1. The molecule has 5 rings (SSSR count). The molecule has 1 fully saturated rings. The van der Waals surface area contributed by atoms with Gasteiger partial charge < -0.3 is 4.90 Å². The summed E-state index contributed by atoms with van der Waals surface area (Å²) in [6, 6.07) is 13.3. The molecule has 0 bridgehead atoms. The van der Waals surface area contributed by atoms with Crippen molar-refractivity contribution in [3.05, 3.63) is 70.2 Å². The van der Waals surface area contributed by atoms with Crippen LogP contribution in [0, 0.1) is 5.92 Å². The molecule has 0 amide bonds. The zero-order valence-corrected chi connectivity index (χ0v) is 17.9. The Morgan fingerprint density at radius 2 is 2.03 bits per heavy atom. The van der Waals surface area contributed by atoms with E-state index >= 15 is 0 Å². The molecule has 4 aromatic rings. The van der Waals surface area contributed by atoms with Crippen molar-refractivity contribution >= 4 is 33.2 Å². The topological polar surface area (TPSA) is 81.0 Å². The van der Waals surface area contributed by atoms with Crippen LogP contribution in [0.4, 0.5) is 5.95 Å². The number of aromatic nitrogens is 4. The molecule has 0 saturated carbocycles. The molecular weight excluding hydrogens is 410 g/mol. The van der Waals surface area contributed by atoms with Crippen LogP contribution in [0.2, 0.25) is 0 Å². The predicted octanol–water partition coefficient (Wildman–Crippen LogP) is 3.55. The van der Waals surface area contributed by atoms with Gasteiger partial charge in [-0.05, 0) is 36.4 Å². The summed E-state index contributed by atoms with van der Waals surface area (Å²) in [5, 5.41) is 1.10. The third-order valence-corrected chi connectivity index (χ3v) is 6.83. The van der Waals surface area contributed by atoms with Gasteiger partial charge in [0, 0.05) is 43.0 Å². The molecule has 1 unspecified atom stereocenters. The number of thiophene rings is 1. The predicted molar refractivity (Wildman–Crippen MR) is 122 cm³/mol. The van der Waals surface area contributed by atoms with Crippen LogP contribution in [-0.4, -0.2) is 38.4 Å². The lowest BCUT2D eigenvalue weighted by molar-refractivity contribution is 0.0911. The third-order valence-electron chi connectivity index (χ3n) is 5.70. The fourth-order valence-corrected chi connectivity index (χ4v) is 5.14. The lowest BCUT2D eigenvalue weighted by atomic mass is 9.93. The Kier molecular flexibility index (Phi) is 5.07. The lowest BCUT2D eigenvalue weighted by Crippen LogP contribution is -2.41. The smallest absolute Gasteiger partial charge is 0.255 e. The number of carbonyl (C=O) groups excluding carboxylic acids is 1. The minimum Gasteiger partial charge on any atom is -0.341 e. The van der Waals surface area contributed by atoms with Gasteiger partial charge in [0.15, 0.2) is 5.78 Å². The normalized spacial score (nSPS) is 16.5. The Morgan fingerprint density at radius 1 is 1.16 bits per heavy atom. The number of piperidine rings is 1. The molecule has 0 aliphatic carbocycles. The van der Waals surface area contributed by atoms with Crippen molar-refractivity contribution in [3.8, 4) is 11.4 Å². The van der Waals surface area contributed by atoms with Crippen LogP contribution in [0.25, 0.3) is 21.5 Å². The van der Waals surface area contributed by atoms with Crippen LogP contribution in [0.3, 0.4) is 0 Å². The van der Waals surface area contributed by atoms with Crippen LogP contribution < -0.4 is 10.5 Å². The number of hydrogen-bond acceptors (Lipinski definition) is 7. The van der Waals surface area contributed by atoms with Gasteiger partial charge in [-0.15, -0.1) is 11.3 Å². The number of benzene rings is 1. The van der Waals surface area contributed by atoms with E-state index in [2.05, 4.69) is 9.97 Å². The summed E-state index contributed by atoms with van der Waals surface area (Å²) < 4.78 is 2.66. The van der Waals surface area contributed by atoms with E-state index in [1.807, 2.05) is 35.2 Å². The number of anilines is 1. The monoisotopic (exact) mass is 431 g/mol. The summed E-state index contributed by atoms with van der Waals surface area (Å²) in [5.74, 6) is 0.610. The molecule has 7 nitrogen and oxygen atoms in total. The maximum Gasteiger partial charge on any atom is 0.255 e. The molecule has 1 aliphatic rings. The Labute approximate surface area is 183 Å². The first kappa shape index (κ1) is 19.6. The van der Waals surface area contributed by atoms with E-state index < -0.39 is 0 Å². The SMILES string of the molecule is Cn1c(N2CCCC(C(=O)c3cc4ccccc4s3)C2)nc(-c2ccncn2)cc1=O. The Hall–Kier alpha value is -3.39. The first-order valence-corrected chi connectivity index (χ1v) is 11.0. The summed E-state index contributed by atoms with van der Waals surface area (Å²) in [6.07, 6.45) is 4.77.